The van der Waals surface area contributed by atoms with Crippen LogP contribution in [0.25, 0.3) is 0 Å². The number of aromatic nitrogens is 2. The van der Waals surface area contributed by atoms with E-state index in [4.69, 9.17) is 0 Å². The number of halogens is 3. The van der Waals surface area contributed by atoms with E-state index in [2.05, 4.69) is 15.7 Å². The Bertz CT molecular complexity index is 1090. The van der Waals surface area contributed by atoms with Crippen LogP contribution >= 0.6 is 0 Å². The highest BCUT2D eigenvalue weighted by atomic mass is 19.4. The molecule has 0 fully saturated rings. The lowest BCUT2D eigenvalue weighted by Gasteiger charge is -2.35. The van der Waals surface area contributed by atoms with Crippen molar-refractivity contribution in [3.8, 4) is 0 Å². The average molecular weight is 457 g/mol. The van der Waals surface area contributed by atoms with Gasteiger partial charge in [0.15, 0.2) is 6.04 Å². The molecule has 8 heteroatoms. The van der Waals surface area contributed by atoms with Gasteiger partial charge in [0.2, 0.25) is 0 Å². The van der Waals surface area contributed by atoms with E-state index < -0.39 is 29.7 Å². The summed E-state index contributed by atoms with van der Waals surface area (Å²) >= 11 is 0. The van der Waals surface area contributed by atoms with Gasteiger partial charge in [0, 0.05) is 6.42 Å². The first-order valence-corrected chi connectivity index (χ1v) is 11.1. The van der Waals surface area contributed by atoms with Crippen LogP contribution < -0.4 is 10.6 Å². The summed E-state index contributed by atoms with van der Waals surface area (Å²) in [5, 5.41) is 10.2. The minimum absolute atomic E-state index is 0.0871. The number of carbonyl (C=O) groups is 1. The fourth-order valence-corrected chi connectivity index (χ4v) is 4.58. The van der Waals surface area contributed by atoms with Gasteiger partial charge in [-0.25, -0.2) is 4.68 Å². The van der Waals surface area contributed by atoms with Crippen LogP contribution in [0.1, 0.15) is 66.7 Å². The van der Waals surface area contributed by atoms with Crippen LogP contribution in [-0.4, -0.2) is 21.9 Å². The molecule has 1 aliphatic heterocycles. The normalized spacial score (nSPS) is 18.3. The molecular weight excluding hydrogens is 429 g/mol. The third-order valence-corrected chi connectivity index (χ3v) is 6.57. The van der Waals surface area contributed by atoms with E-state index in [1.165, 1.54) is 6.20 Å². The molecule has 0 saturated heterocycles. The molecule has 0 bridgehead atoms. The molecule has 2 unspecified atom stereocenters. The van der Waals surface area contributed by atoms with Crippen LogP contribution in [-0.2, 0) is 5.54 Å². The summed E-state index contributed by atoms with van der Waals surface area (Å²) in [6.45, 7) is 3.96. The van der Waals surface area contributed by atoms with Gasteiger partial charge >= 0.3 is 6.18 Å². The largest absolute Gasteiger partial charge is 0.410 e. The zero-order valence-electron chi connectivity index (χ0n) is 18.6. The maximum Gasteiger partial charge on any atom is 0.410 e. The Hall–Kier alpha value is -3.29. The van der Waals surface area contributed by atoms with Gasteiger partial charge in [0.1, 0.15) is 11.4 Å². The van der Waals surface area contributed by atoms with E-state index in [0.29, 0.717) is 12.8 Å². The lowest BCUT2D eigenvalue weighted by molar-refractivity contribution is -0.173. The molecule has 1 aliphatic rings. The second-order valence-electron chi connectivity index (χ2n) is 8.36. The molecule has 0 radical (unpaired) electrons. The van der Waals surface area contributed by atoms with Crippen molar-refractivity contribution in [1.29, 1.82) is 0 Å². The Balaban J connectivity index is 1.71. The van der Waals surface area contributed by atoms with Crippen LogP contribution in [0.4, 0.5) is 19.0 Å². The number of hydrogen-bond donors (Lipinski definition) is 2. The summed E-state index contributed by atoms with van der Waals surface area (Å²) in [5.41, 5.74) is 1.15. The fraction of sp³-hybridized carbons (Fsp3) is 0.360. The summed E-state index contributed by atoms with van der Waals surface area (Å²) in [4.78, 5) is 13.4. The van der Waals surface area contributed by atoms with Gasteiger partial charge in [-0.3, -0.25) is 4.79 Å². The molecule has 2 aromatic carbocycles. The molecule has 2 heterocycles. The van der Waals surface area contributed by atoms with Gasteiger partial charge in [-0.15, -0.1) is 0 Å². The summed E-state index contributed by atoms with van der Waals surface area (Å²) in [6, 6.07) is 16.2. The zero-order valence-corrected chi connectivity index (χ0v) is 18.6. The highest BCUT2D eigenvalue weighted by molar-refractivity contribution is 5.99. The third kappa shape index (κ3) is 4.34. The van der Waals surface area contributed by atoms with Crippen LogP contribution in [0.2, 0.25) is 0 Å². The summed E-state index contributed by atoms with van der Waals surface area (Å²) in [7, 11) is 0. The molecule has 2 atom stereocenters. The van der Waals surface area contributed by atoms with Crippen LogP contribution in [0, 0.1) is 0 Å². The molecule has 3 aromatic rings. The van der Waals surface area contributed by atoms with E-state index in [1.807, 2.05) is 50.2 Å². The number of rotatable bonds is 6. The van der Waals surface area contributed by atoms with Gasteiger partial charge in [-0.2, -0.15) is 18.3 Å². The monoisotopic (exact) mass is 456 g/mol. The molecule has 33 heavy (non-hydrogen) atoms. The number of fused-ring (bicyclic) bond motifs is 1. The molecule has 0 saturated carbocycles. The summed E-state index contributed by atoms with van der Waals surface area (Å²) < 4.78 is 42.7. The number of hydrogen-bond acceptors (Lipinski definition) is 3. The molecule has 0 spiro atoms. The zero-order chi connectivity index (χ0) is 23.6. The lowest BCUT2D eigenvalue weighted by Crippen LogP contribution is -2.45. The van der Waals surface area contributed by atoms with E-state index in [-0.39, 0.29) is 17.8 Å². The van der Waals surface area contributed by atoms with Crippen LogP contribution in [0.5, 0.6) is 0 Å². The number of nitrogens with zero attached hydrogens (tertiary/aromatic N) is 2. The van der Waals surface area contributed by atoms with Gasteiger partial charge in [0.25, 0.3) is 5.91 Å². The first kappa shape index (κ1) is 22.9. The molecule has 5 nitrogen and oxygen atoms in total. The van der Waals surface area contributed by atoms with Crippen molar-refractivity contribution >= 4 is 11.7 Å². The molecule has 4 rings (SSSR count). The topological polar surface area (TPSA) is 59.0 Å². The van der Waals surface area contributed by atoms with Crippen LogP contribution in [0.15, 0.2) is 66.9 Å². The Kier molecular flexibility index (Phi) is 6.19. The molecule has 1 aromatic heterocycles. The molecule has 2 N–H and O–H groups in total. The van der Waals surface area contributed by atoms with Gasteiger partial charge in [0.05, 0.1) is 17.8 Å². The average Bonchev–Trinajstić information content (AvgIpc) is 3.26. The number of carbonyl (C=O) groups excluding carboxylic acids is 1. The van der Waals surface area contributed by atoms with Crippen LogP contribution in [0.3, 0.4) is 0 Å². The maximum absolute atomic E-state index is 13.9. The number of alkyl halides is 3. The maximum atomic E-state index is 13.9. The van der Waals surface area contributed by atoms with Crippen molar-refractivity contribution < 1.29 is 18.0 Å². The second-order valence-corrected chi connectivity index (χ2v) is 8.36. The van der Waals surface area contributed by atoms with Crippen molar-refractivity contribution in [2.45, 2.75) is 56.9 Å². The van der Waals surface area contributed by atoms with E-state index >= 15 is 0 Å². The van der Waals surface area contributed by atoms with Crippen molar-refractivity contribution in [3.05, 3.63) is 83.6 Å². The Morgan fingerprint density at radius 3 is 2.24 bits per heavy atom. The predicted molar refractivity (Wildman–Crippen MR) is 121 cm³/mol. The number of nitrogens with one attached hydrogen (secondary N) is 2. The van der Waals surface area contributed by atoms with Crippen molar-refractivity contribution in [2.75, 3.05) is 5.32 Å². The van der Waals surface area contributed by atoms with Crippen molar-refractivity contribution in [1.82, 2.24) is 15.1 Å². The van der Waals surface area contributed by atoms with Gasteiger partial charge in [-0.1, -0.05) is 74.5 Å². The fourth-order valence-electron chi connectivity index (χ4n) is 4.58. The SMILES string of the molecule is CCC(CC)(NC(=O)c1cnn2c1NC(c1ccccc1)CC2C(F)(F)F)c1ccccc1. The first-order valence-electron chi connectivity index (χ1n) is 11.1. The molecule has 0 aliphatic carbocycles. The number of anilines is 1. The molecular formula is C25H27F3N4O. The number of amides is 1. The van der Waals surface area contributed by atoms with E-state index in [0.717, 1.165) is 15.8 Å². The summed E-state index contributed by atoms with van der Waals surface area (Å²) in [6.07, 6.45) is -2.21. The number of benzene rings is 2. The smallest absolute Gasteiger partial charge is 0.363 e. The molecule has 174 valence electrons. The minimum atomic E-state index is -4.50. The standard InChI is InChI=1S/C25H27F3N4O/c1-3-24(4-2,18-13-9-6-10-14-18)31-23(33)19-16-29-32-21(25(26,27)28)15-20(30-22(19)32)17-11-7-5-8-12-17/h5-14,16,20-21,30H,3-4,15H2,1-2H3,(H,31,33). The third-order valence-electron chi connectivity index (χ3n) is 6.57. The second kappa shape index (κ2) is 8.92. The molecule has 1 amide bonds. The van der Waals surface area contributed by atoms with Gasteiger partial charge in [-0.05, 0) is 24.0 Å². The predicted octanol–water partition coefficient (Wildman–Crippen LogP) is 5.99. The minimum Gasteiger partial charge on any atom is -0.363 e. The first-order chi connectivity index (χ1) is 15.8. The Labute approximate surface area is 191 Å². The Morgan fingerprint density at radius 2 is 1.67 bits per heavy atom. The van der Waals surface area contributed by atoms with E-state index in [1.54, 1.807) is 24.3 Å². The highest BCUT2D eigenvalue weighted by Gasteiger charge is 2.47. The van der Waals surface area contributed by atoms with Crippen molar-refractivity contribution in [3.63, 3.8) is 0 Å². The highest BCUT2D eigenvalue weighted by Crippen LogP contribution is 2.44. The van der Waals surface area contributed by atoms with Crippen molar-refractivity contribution in [2.24, 2.45) is 0 Å². The van der Waals surface area contributed by atoms with Gasteiger partial charge < -0.3 is 10.6 Å². The quantitative estimate of drug-likeness (QED) is 0.479. The summed E-state index contributed by atoms with van der Waals surface area (Å²) in [5.74, 6) is -0.366. The Morgan fingerprint density at radius 1 is 1.06 bits per heavy atom. The lowest BCUT2D eigenvalue weighted by atomic mass is 9.84. The van der Waals surface area contributed by atoms with E-state index in [9.17, 15) is 18.0 Å².